The van der Waals surface area contributed by atoms with Crippen molar-refractivity contribution in [2.45, 2.75) is 32.7 Å². The molecule has 3 aromatic rings. The van der Waals surface area contributed by atoms with Crippen molar-refractivity contribution < 1.29 is 9.59 Å². The second kappa shape index (κ2) is 6.66. The second-order valence-electron chi connectivity index (χ2n) is 8.13. The van der Waals surface area contributed by atoms with Crippen LogP contribution in [0.2, 0.25) is 0 Å². The Labute approximate surface area is 164 Å². The molecule has 1 N–H and O–H groups in total. The number of likely N-dealkylation sites (tertiary alicyclic amines) is 1. The van der Waals surface area contributed by atoms with Gasteiger partial charge in [-0.1, -0.05) is 18.2 Å². The highest BCUT2D eigenvalue weighted by molar-refractivity contribution is 6.10. The topological polar surface area (TPSA) is 54.3 Å². The Morgan fingerprint density at radius 1 is 1.11 bits per heavy atom. The highest BCUT2D eigenvalue weighted by Gasteiger charge is 2.37. The lowest BCUT2D eigenvalue weighted by atomic mass is 10.1. The summed E-state index contributed by atoms with van der Waals surface area (Å²) in [7, 11) is 0. The summed E-state index contributed by atoms with van der Waals surface area (Å²) in [5, 5.41) is 5.39. The van der Waals surface area contributed by atoms with E-state index in [0.717, 1.165) is 24.2 Å². The van der Waals surface area contributed by atoms with Crippen LogP contribution in [-0.2, 0) is 16.1 Å². The van der Waals surface area contributed by atoms with E-state index in [1.54, 1.807) is 0 Å². The van der Waals surface area contributed by atoms with Crippen LogP contribution in [0.25, 0.3) is 21.8 Å². The van der Waals surface area contributed by atoms with Gasteiger partial charge in [-0.3, -0.25) is 9.59 Å². The molecule has 2 heterocycles. The number of rotatable bonds is 5. The number of fused-ring (bicyclic) bond motifs is 3. The van der Waals surface area contributed by atoms with Crippen molar-refractivity contribution in [1.29, 1.82) is 0 Å². The van der Waals surface area contributed by atoms with Gasteiger partial charge in [0.2, 0.25) is 11.8 Å². The quantitative estimate of drug-likeness (QED) is 0.732. The molecule has 2 amide bonds. The third kappa shape index (κ3) is 2.95. The predicted octanol–water partition coefficient (Wildman–Crippen LogP) is 4.01. The Morgan fingerprint density at radius 2 is 1.89 bits per heavy atom. The molecule has 1 saturated carbocycles. The molecule has 1 atom stereocenters. The first kappa shape index (κ1) is 17.3. The number of aromatic nitrogens is 1. The van der Waals surface area contributed by atoms with Crippen molar-refractivity contribution in [1.82, 2.24) is 9.47 Å². The van der Waals surface area contributed by atoms with Crippen LogP contribution >= 0.6 is 0 Å². The van der Waals surface area contributed by atoms with Crippen molar-refractivity contribution >= 4 is 39.3 Å². The van der Waals surface area contributed by atoms with Crippen LogP contribution in [0.5, 0.6) is 0 Å². The van der Waals surface area contributed by atoms with E-state index in [9.17, 15) is 9.59 Å². The first-order chi connectivity index (χ1) is 13.6. The monoisotopic (exact) mass is 375 g/mol. The summed E-state index contributed by atoms with van der Waals surface area (Å²) in [5.74, 6) is 0.474. The van der Waals surface area contributed by atoms with Gasteiger partial charge in [-0.05, 0) is 49.9 Å². The Kier molecular flexibility index (Phi) is 4.11. The third-order valence-corrected chi connectivity index (χ3v) is 6.12. The minimum absolute atomic E-state index is 0.0507. The molecule has 28 heavy (non-hydrogen) atoms. The van der Waals surface area contributed by atoms with Gasteiger partial charge in [0.15, 0.2) is 0 Å². The van der Waals surface area contributed by atoms with E-state index in [-0.39, 0.29) is 17.7 Å². The lowest BCUT2D eigenvalue weighted by molar-refractivity contribution is -0.128. The lowest BCUT2D eigenvalue weighted by Crippen LogP contribution is -2.29. The Morgan fingerprint density at radius 3 is 2.68 bits per heavy atom. The van der Waals surface area contributed by atoms with E-state index >= 15 is 0 Å². The van der Waals surface area contributed by atoms with Gasteiger partial charge < -0.3 is 14.8 Å². The number of carbonyl (C=O) groups is 2. The molecular formula is C23H25N3O2. The van der Waals surface area contributed by atoms with Gasteiger partial charge in [0.05, 0.1) is 5.92 Å². The summed E-state index contributed by atoms with van der Waals surface area (Å²) in [6, 6.07) is 14.5. The zero-order valence-electron chi connectivity index (χ0n) is 16.1. The maximum atomic E-state index is 12.8. The average molecular weight is 375 g/mol. The molecule has 2 aliphatic rings. The first-order valence-corrected chi connectivity index (χ1v) is 10.2. The molecule has 2 fully saturated rings. The lowest BCUT2D eigenvalue weighted by Gasteiger charge is -2.16. The van der Waals surface area contributed by atoms with Crippen LogP contribution in [0.1, 0.15) is 26.2 Å². The van der Waals surface area contributed by atoms with Gasteiger partial charge in [-0.25, -0.2) is 0 Å². The van der Waals surface area contributed by atoms with Crippen LogP contribution in [0.15, 0.2) is 42.5 Å². The van der Waals surface area contributed by atoms with Crippen molar-refractivity contribution in [2.75, 3.05) is 18.4 Å². The fourth-order valence-electron chi connectivity index (χ4n) is 4.45. The van der Waals surface area contributed by atoms with Crippen molar-refractivity contribution in [3.05, 3.63) is 42.5 Å². The SMILES string of the molecule is CCn1c2ccccc2c2cc(NC(=O)[C@@H]3CC(=O)N(CC4CC4)C3)ccc21. The van der Waals surface area contributed by atoms with Crippen LogP contribution in [-0.4, -0.2) is 34.4 Å². The molecular weight excluding hydrogens is 350 g/mol. The number of aryl methyl sites for hydroxylation is 1. The van der Waals surface area contributed by atoms with E-state index in [1.165, 1.54) is 29.3 Å². The fourth-order valence-corrected chi connectivity index (χ4v) is 4.45. The molecule has 2 aromatic carbocycles. The molecule has 0 spiro atoms. The van der Waals surface area contributed by atoms with Gasteiger partial charge in [0.25, 0.3) is 0 Å². The predicted molar refractivity (Wildman–Crippen MR) is 111 cm³/mol. The van der Waals surface area contributed by atoms with Crippen LogP contribution in [0.4, 0.5) is 5.69 Å². The number of para-hydroxylation sites is 1. The minimum Gasteiger partial charge on any atom is -0.342 e. The molecule has 5 heteroatoms. The number of hydrogen-bond acceptors (Lipinski definition) is 2. The number of nitrogens with one attached hydrogen (secondary N) is 1. The average Bonchev–Trinajstić information content (AvgIpc) is 3.36. The van der Waals surface area contributed by atoms with Gasteiger partial charge in [-0.2, -0.15) is 0 Å². The summed E-state index contributed by atoms with van der Waals surface area (Å²) in [6.07, 6.45) is 2.76. The van der Waals surface area contributed by atoms with Crippen molar-refractivity contribution in [2.24, 2.45) is 11.8 Å². The van der Waals surface area contributed by atoms with Gasteiger partial charge in [0, 0.05) is 53.5 Å². The van der Waals surface area contributed by atoms with Crippen molar-refractivity contribution in [3.63, 3.8) is 0 Å². The Balaban J connectivity index is 1.38. The molecule has 0 radical (unpaired) electrons. The molecule has 144 valence electrons. The first-order valence-electron chi connectivity index (χ1n) is 10.2. The second-order valence-corrected chi connectivity index (χ2v) is 8.13. The van der Waals surface area contributed by atoms with Gasteiger partial charge in [0.1, 0.15) is 0 Å². The van der Waals surface area contributed by atoms with E-state index < -0.39 is 0 Å². The number of hydrogen-bond donors (Lipinski definition) is 1. The highest BCUT2D eigenvalue weighted by Crippen LogP contribution is 2.33. The molecule has 1 aliphatic carbocycles. The van der Waals surface area contributed by atoms with Crippen LogP contribution in [0.3, 0.4) is 0 Å². The Bertz CT molecular complexity index is 1080. The minimum atomic E-state index is -0.251. The number of nitrogens with zero attached hydrogens (tertiary/aromatic N) is 2. The maximum absolute atomic E-state index is 12.8. The molecule has 0 bridgehead atoms. The number of anilines is 1. The molecule has 0 unspecified atom stereocenters. The number of carbonyl (C=O) groups excluding carboxylic acids is 2. The van der Waals surface area contributed by atoms with Gasteiger partial charge >= 0.3 is 0 Å². The smallest absolute Gasteiger partial charge is 0.229 e. The number of benzene rings is 2. The highest BCUT2D eigenvalue weighted by atomic mass is 16.2. The normalized spacial score (nSPS) is 19.7. The Hall–Kier alpha value is -2.82. The maximum Gasteiger partial charge on any atom is 0.229 e. The zero-order valence-corrected chi connectivity index (χ0v) is 16.1. The third-order valence-electron chi connectivity index (χ3n) is 6.12. The molecule has 1 aromatic heterocycles. The zero-order chi connectivity index (χ0) is 19.3. The summed E-state index contributed by atoms with van der Waals surface area (Å²) in [4.78, 5) is 26.9. The van der Waals surface area contributed by atoms with Crippen LogP contribution in [0, 0.1) is 11.8 Å². The van der Waals surface area contributed by atoms with E-state index in [2.05, 4.69) is 47.1 Å². The van der Waals surface area contributed by atoms with Crippen molar-refractivity contribution in [3.8, 4) is 0 Å². The molecule has 5 nitrogen and oxygen atoms in total. The van der Waals surface area contributed by atoms with Gasteiger partial charge in [-0.15, -0.1) is 0 Å². The summed E-state index contributed by atoms with van der Waals surface area (Å²) in [6.45, 7) is 4.42. The molecule has 5 rings (SSSR count). The summed E-state index contributed by atoms with van der Waals surface area (Å²) >= 11 is 0. The van der Waals surface area contributed by atoms with E-state index in [1.807, 2.05) is 17.0 Å². The van der Waals surface area contributed by atoms with Crippen LogP contribution < -0.4 is 5.32 Å². The molecule has 1 aliphatic heterocycles. The van der Waals surface area contributed by atoms with E-state index in [0.29, 0.717) is 18.9 Å². The van der Waals surface area contributed by atoms with E-state index in [4.69, 9.17) is 0 Å². The standard InChI is InChI=1S/C23H25N3O2/c1-2-26-20-6-4-3-5-18(20)19-12-17(9-10-21(19)26)24-23(28)16-11-22(27)25(14-16)13-15-7-8-15/h3-6,9-10,12,15-16H,2,7-8,11,13-14H2,1H3,(H,24,28)/t16-/m1/s1. The number of amides is 2. The summed E-state index contributed by atoms with van der Waals surface area (Å²) < 4.78 is 2.29. The fraction of sp³-hybridized carbons (Fsp3) is 0.391. The summed E-state index contributed by atoms with van der Waals surface area (Å²) in [5.41, 5.74) is 3.18. The largest absolute Gasteiger partial charge is 0.342 e. The molecule has 1 saturated heterocycles.